The Morgan fingerprint density at radius 3 is 1.43 bits per heavy atom. The summed E-state index contributed by atoms with van der Waals surface area (Å²) < 4.78 is 2.44. The van der Waals surface area contributed by atoms with E-state index in [1.54, 1.807) is 0 Å². The summed E-state index contributed by atoms with van der Waals surface area (Å²) in [6.45, 7) is 0. The maximum atomic E-state index is 5.19. The predicted octanol–water partition coefficient (Wildman–Crippen LogP) is 12.6. The van der Waals surface area contributed by atoms with E-state index >= 15 is 0 Å². The molecule has 0 unspecified atom stereocenters. The maximum Gasteiger partial charge on any atom is 0.164 e. The molecule has 0 amide bonds. The number of hydrogen-bond acceptors (Lipinski definition) is 3. The van der Waals surface area contributed by atoms with Crippen LogP contribution in [0.15, 0.2) is 182 Å². The van der Waals surface area contributed by atoms with Crippen LogP contribution in [0, 0.1) is 0 Å². The molecule has 0 aliphatic heterocycles. The molecule has 0 spiro atoms. The number of benzene rings is 9. The second-order valence-electron chi connectivity index (χ2n) is 13.7. The van der Waals surface area contributed by atoms with Crippen molar-refractivity contribution in [2.45, 2.75) is 0 Å². The van der Waals surface area contributed by atoms with Crippen molar-refractivity contribution in [3.63, 3.8) is 0 Å². The highest BCUT2D eigenvalue weighted by atomic mass is 15.0. The SMILES string of the molecule is c1ccc(-c2nc(-c3ccc4ccccc4c3)nc(-c3ccc(-n4c5cc6ccccc6cc5c5cc6ccccc6cc54)c4ccccc34)n2)cc1. The van der Waals surface area contributed by atoms with Crippen molar-refractivity contribution < 1.29 is 0 Å². The first-order valence-electron chi connectivity index (χ1n) is 17.9. The Kier molecular flexibility index (Phi) is 6.52. The summed E-state index contributed by atoms with van der Waals surface area (Å²) in [7, 11) is 0. The third-order valence-electron chi connectivity index (χ3n) is 10.6. The van der Waals surface area contributed by atoms with E-state index in [1.165, 1.54) is 48.7 Å². The zero-order chi connectivity index (χ0) is 34.9. The number of hydrogen-bond donors (Lipinski definition) is 0. The van der Waals surface area contributed by atoms with Crippen molar-refractivity contribution in [1.82, 2.24) is 19.5 Å². The van der Waals surface area contributed by atoms with Crippen LogP contribution in [-0.2, 0) is 0 Å². The standard InChI is InChI=1S/C49H30N4/c1-2-13-32(14-3-1)47-50-48(38-23-22-31-12-4-5-15-33(31)26-38)52-49(51-47)41-24-25-44(40-21-11-10-20-39(40)41)53-45-29-36-18-8-6-16-34(36)27-42(45)43-28-35-17-7-9-19-37(35)30-46(43)53/h1-30H. The Bertz CT molecular complexity index is 3140. The van der Waals surface area contributed by atoms with Gasteiger partial charge in [0, 0.05) is 32.8 Å². The first-order valence-corrected chi connectivity index (χ1v) is 17.9. The van der Waals surface area contributed by atoms with Crippen molar-refractivity contribution in [2.75, 3.05) is 0 Å². The maximum absolute atomic E-state index is 5.19. The summed E-state index contributed by atoms with van der Waals surface area (Å²) in [5.74, 6) is 1.94. The van der Waals surface area contributed by atoms with Crippen LogP contribution in [0.5, 0.6) is 0 Å². The molecule has 11 aromatic rings. The lowest BCUT2D eigenvalue weighted by Gasteiger charge is -2.15. The second-order valence-corrected chi connectivity index (χ2v) is 13.7. The van der Waals surface area contributed by atoms with Crippen LogP contribution in [0.1, 0.15) is 0 Å². The molecule has 0 radical (unpaired) electrons. The molecule has 11 rings (SSSR count). The summed E-state index contributed by atoms with van der Waals surface area (Å²) in [4.78, 5) is 15.4. The normalized spacial score (nSPS) is 11.8. The van der Waals surface area contributed by atoms with Gasteiger partial charge in [-0.15, -0.1) is 0 Å². The molecule has 246 valence electrons. The quantitative estimate of drug-likeness (QED) is 0.187. The fourth-order valence-corrected chi connectivity index (χ4v) is 7.99. The number of aromatic nitrogens is 4. The van der Waals surface area contributed by atoms with E-state index < -0.39 is 0 Å². The molecule has 53 heavy (non-hydrogen) atoms. The second kappa shape index (κ2) is 11.7. The smallest absolute Gasteiger partial charge is 0.164 e. The highest BCUT2D eigenvalue weighted by molar-refractivity contribution is 6.17. The highest BCUT2D eigenvalue weighted by Gasteiger charge is 2.20. The highest BCUT2D eigenvalue weighted by Crippen LogP contribution is 2.40. The minimum Gasteiger partial charge on any atom is -0.309 e. The third kappa shape index (κ3) is 4.80. The fourth-order valence-electron chi connectivity index (χ4n) is 7.99. The average Bonchev–Trinajstić information content (AvgIpc) is 3.52. The van der Waals surface area contributed by atoms with Crippen LogP contribution in [0.2, 0.25) is 0 Å². The molecule has 0 saturated heterocycles. The molecule has 2 heterocycles. The van der Waals surface area contributed by atoms with E-state index in [0.717, 1.165) is 38.5 Å². The van der Waals surface area contributed by atoms with Gasteiger partial charge >= 0.3 is 0 Å². The van der Waals surface area contributed by atoms with Crippen molar-refractivity contribution >= 4 is 64.9 Å². The summed E-state index contributed by atoms with van der Waals surface area (Å²) in [6.07, 6.45) is 0. The van der Waals surface area contributed by atoms with Gasteiger partial charge in [0.25, 0.3) is 0 Å². The first-order chi connectivity index (χ1) is 26.2. The fraction of sp³-hybridized carbons (Fsp3) is 0. The summed E-state index contributed by atoms with van der Waals surface area (Å²) in [5, 5.41) is 11.9. The lowest BCUT2D eigenvalue weighted by atomic mass is 10.0. The van der Waals surface area contributed by atoms with E-state index in [0.29, 0.717) is 17.5 Å². The van der Waals surface area contributed by atoms with Crippen LogP contribution in [0.4, 0.5) is 0 Å². The molecule has 2 aromatic heterocycles. The molecule has 4 heteroatoms. The van der Waals surface area contributed by atoms with Crippen LogP contribution >= 0.6 is 0 Å². The van der Waals surface area contributed by atoms with Crippen LogP contribution in [0.25, 0.3) is 105 Å². The summed E-state index contributed by atoms with van der Waals surface area (Å²) >= 11 is 0. The Morgan fingerprint density at radius 2 is 0.792 bits per heavy atom. The van der Waals surface area contributed by atoms with Gasteiger partial charge in [-0.05, 0) is 80.2 Å². The molecule has 0 bridgehead atoms. The number of fused-ring (bicyclic) bond motifs is 7. The van der Waals surface area contributed by atoms with E-state index in [4.69, 9.17) is 15.0 Å². The van der Waals surface area contributed by atoms with Gasteiger partial charge in [0.2, 0.25) is 0 Å². The van der Waals surface area contributed by atoms with E-state index in [-0.39, 0.29) is 0 Å². The van der Waals surface area contributed by atoms with E-state index in [9.17, 15) is 0 Å². The number of nitrogens with zero attached hydrogens (tertiary/aromatic N) is 4. The van der Waals surface area contributed by atoms with Gasteiger partial charge < -0.3 is 4.57 Å². The van der Waals surface area contributed by atoms with Crippen LogP contribution in [-0.4, -0.2) is 19.5 Å². The molecular formula is C49H30N4. The molecular weight excluding hydrogens is 645 g/mol. The van der Waals surface area contributed by atoms with Gasteiger partial charge in [-0.3, -0.25) is 0 Å². The predicted molar refractivity (Wildman–Crippen MR) is 220 cm³/mol. The molecule has 0 N–H and O–H groups in total. The molecule has 0 fully saturated rings. The van der Waals surface area contributed by atoms with E-state index in [2.05, 4.69) is 168 Å². The average molecular weight is 675 g/mol. The summed E-state index contributed by atoms with van der Waals surface area (Å²) in [6, 6.07) is 64.7. The van der Waals surface area contributed by atoms with Crippen LogP contribution < -0.4 is 0 Å². The lowest BCUT2D eigenvalue weighted by Crippen LogP contribution is -2.02. The molecule has 9 aromatic carbocycles. The van der Waals surface area contributed by atoms with Gasteiger partial charge in [-0.2, -0.15) is 0 Å². The minimum atomic E-state index is 0.643. The lowest BCUT2D eigenvalue weighted by molar-refractivity contribution is 1.08. The van der Waals surface area contributed by atoms with Crippen molar-refractivity contribution in [3.8, 4) is 39.9 Å². The zero-order valence-corrected chi connectivity index (χ0v) is 28.6. The topological polar surface area (TPSA) is 43.6 Å². The molecule has 4 nitrogen and oxygen atoms in total. The molecule has 0 atom stereocenters. The largest absolute Gasteiger partial charge is 0.309 e. The molecule has 0 saturated carbocycles. The Labute approximate surface area is 305 Å². The van der Waals surface area contributed by atoms with Gasteiger partial charge in [0.15, 0.2) is 17.5 Å². The van der Waals surface area contributed by atoms with Gasteiger partial charge in [0.1, 0.15) is 0 Å². The third-order valence-corrected chi connectivity index (χ3v) is 10.6. The minimum absolute atomic E-state index is 0.643. The Morgan fingerprint density at radius 1 is 0.302 bits per heavy atom. The Balaban J connectivity index is 1.18. The zero-order valence-electron chi connectivity index (χ0n) is 28.6. The van der Waals surface area contributed by atoms with Crippen LogP contribution in [0.3, 0.4) is 0 Å². The first kappa shape index (κ1) is 29.5. The molecule has 0 aliphatic rings. The monoisotopic (exact) mass is 674 g/mol. The van der Waals surface area contributed by atoms with E-state index in [1.807, 2.05) is 18.2 Å². The van der Waals surface area contributed by atoms with Gasteiger partial charge in [-0.1, -0.05) is 140 Å². The van der Waals surface area contributed by atoms with Crippen molar-refractivity contribution in [3.05, 3.63) is 182 Å². The van der Waals surface area contributed by atoms with Crippen molar-refractivity contribution in [2.24, 2.45) is 0 Å². The summed E-state index contributed by atoms with van der Waals surface area (Å²) in [5.41, 5.74) is 6.33. The van der Waals surface area contributed by atoms with Gasteiger partial charge in [0.05, 0.1) is 16.7 Å². The van der Waals surface area contributed by atoms with Crippen molar-refractivity contribution in [1.29, 1.82) is 0 Å². The Hall–Kier alpha value is -7.17. The number of rotatable bonds is 4. The molecule has 0 aliphatic carbocycles. The van der Waals surface area contributed by atoms with Gasteiger partial charge in [-0.25, -0.2) is 15.0 Å².